The van der Waals surface area contributed by atoms with Crippen LogP contribution < -0.4 is 5.43 Å². The van der Waals surface area contributed by atoms with Crippen molar-refractivity contribution in [1.82, 2.24) is 20.2 Å². The fourth-order valence-electron chi connectivity index (χ4n) is 3.13. The number of carbonyl (C=O) groups excluding carboxylic acids is 1. The molecule has 1 aromatic heterocycles. The summed E-state index contributed by atoms with van der Waals surface area (Å²) in [7, 11) is 0. The van der Waals surface area contributed by atoms with E-state index in [0.29, 0.717) is 16.0 Å². The first-order chi connectivity index (χ1) is 16.0. The summed E-state index contributed by atoms with van der Waals surface area (Å²) in [4.78, 5) is 12.4. The molecule has 6 nitrogen and oxygen atoms in total. The van der Waals surface area contributed by atoms with Crippen LogP contribution in [0.4, 0.5) is 0 Å². The second-order valence-corrected chi connectivity index (χ2v) is 8.75. The maximum Gasteiger partial charge on any atom is 0.250 e. The van der Waals surface area contributed by atoms with Crippen LogP contribution in [0.1, 0.15) is 18.1 Å². The summed E-state index contributed by atoms with van der Waals surface area (Å²) in [5.74, 6) is 0.613. The number of hydrogen-bond acceptors (Lipinski definition) is 5. The number of aromatic nitrogens is 3. The zero-order valence-electron chi connectivity index (χ0n) is 18.2. The lowest BCUT2D eigenvalue weighted by atomic mass is 10.1. The molecule has 0 radical (unpaired) electrons. The minimum absolute atomic E-state index is 0.144. The standard InChI is InChI=1S/C25H22ClN5OS/c1-17-8-10-20(11-9-17)24-29-30-25(31(24)22-14-12-21(26)13-15-22)33-16-23(32)28-27-18(2)19-6-4-3-5-7-19/h3-15H,16H2,1-2H3,(H,28,32). The fourth-order valence-corrected chi connectivity index (χ4v) is 4.00. The Morgan fingerprint density at radius 3 is 2.39 bits per heavy atom. The molecule has 4 rings (SSSR count). The van der Waals surface area contributed by atoms with E-state index in [-0.39, 0.29) is 11.7 Å². The Balaban J connectivity index is 1.54. The SMILES string of the molecule is CC(=NNC(=O)CSc1nnc(-c2ccc(C)cc2)n1-c1ccc(Cl)cc1)c1ccccc1. The van der Waals surface area contributed by atoms with Gasteiger partial charge in [0, 0.05) is 16.3 Å². The van der Waals surface area contributed by atoms with Crippen molar-refractivity contribution in [2.75, 3.05) is 5.75 Å². The molecule has 33 heavy (non-hydrogen) atoms. The maximum absolute atomic E-state index is 12.4. The van der Waals surface area contributed by atoms with Gasteiger partial charge in [-0.1, -0.05) is 83.5 Å². The quantitative estimate of drug-likeness (QED) is 0.217. The molecule has 0 atom stereocenters. The van der Waals surface area contributed by atoms with Crippen LogP contribution in [-0.2, 0) is 4.79 Å². The normalized spacial score (nSPS) is 11.4. The molecule has 3 aromatic carbocycles. The van der Waals surface area contributed by atoms with Gasteiger partial charge in [-0.15, -0.1) is 10.2 Å². The number of hydrazone groups is 1. The molecule has 0 saturated heterocycles. The van der Waals surface area contributed by atoms with Gasteiger partial charge < -0.3 is 0 Å². The Morgan fingerprint density at radius 1 is 1.00 bits per heavy atom. The minimum atomic E-state index is -0.224. The summed E-state index contributed by atoms with van der Waals surface area (Å²) >= 11 is 7.38. The lowest BCUT2D eigenvalue weighted by molar-refractivity contribution is -0.118. The van der Waals surface area contributed by atoms with Crippen molar-refractivity contribution in [2.24, 2.45) is 5.10 Å². The van der Waals surface area contributed by atoms with E-state index >= 15 is 0 Å². The van der Waals surface area contributed by atoms with E-state index in [1.54, 1.807) is 0 Å². The van der Waals surface area contributed by atoms with E-state index in [9.17, 15) is 4.79 Å². The summed E-state index contributed by atoms with van der Waals surface area (Å²) in [6, 6.07) is 25.2. The van der Waals surface area contributed by atoms with Crippen LogP contribution >= 0.6 is 23.4 Å². The van der Waals surface area contributed by atoms with Gasteiger partial charge in [-0.05, 0) is 43.7 Å². The number of hydrogen-bond donors (Lipinski definition) is 1. The number of aryl methyl sites for hydroxylation is 1. The molecule has 1 N–H and O–H groups in total. The van der Waals surface area contributed by atoms with Crippen molar-refractivity contribution in [1.29, 1.82) is 0 Å². The Bertz CT molecular complexity index is 1270. The molecule has 0 aliphatic rings. The lowest BCUT2D eigenvalue weighted by Gasteiger charge is -2.10. The summed E-state index contributed by atoms with van der Waals surface area (Å²) < 4.78 is 1.93. The van der Waals surface area contributed by atoms with Gasteiger partial charge in [0.1, 0.15) is 0 Å². The third-order valence-electron chi connectivity index (χ3n) is 4.90. The number of nitrogens with zero attached hydrogens (tertiary/aromatic N) is 4. The molecular weight excluding hydrogens is 454 g/mol. The molecule has 0 spiro atoms. The maximum atomic E-state index is 12.4. The van der Waals surface area contributed by atoms with Gasteiger partial charge in [0.05, 0.1) is 11.5 Å². The van der Waals surface area contributed by atoms with Crippen LogP contribution in [-0.4, -0.2) is 32.1 Å². The lowest BCUT2D eigenvalue weighted by Crippen LogP contribution is -2.21. The zero-order chi connectivity index (χ0) is 23.2. The van der Waals surface area contributed by atoms with E-state index in [1.807, 2.05) is 97.3 Å². The Hall–Kier alpha value is -3.42. The van der Waals surface area contributed by atoms with E-state index in [1.165, 1.54) is 11.8 Å². The zero-order valence-corrected chi connectivity index (χ0v) is 19.8. The largest absolute Gasteiger partial charge is 0.272 e. The highest BCUT2D eigenvalue weighted by atomic mass is 35.5. The topological polar surface area (TPSA) is 72.2 Å². The number of nitrogens with one attached hydrogen (secondary N) is 1. The van der Waals surface area contributed by atoms with E-state index in [4.69, 9.17) is 11.6 Å². The van der Waals surface area contributed by atoms with E-state index in [2.05, 4.69) is 20.7 Å². The predicted octanol–water partition coefficient (Wildman–Crippen LogP) is 5.53. The number of carbonyl (C=O) groups is 1. The third kappa shape index (κ3) is 5.69. The van der Waals surface area contributed by atoms with Crippen LogP contribution in [0.2, 0.25) is 5.02 Å². The van der Waals surface area contributed by atoms with Crippen molar-refractivity contribution < 1.29 is 4.79 Å². The van der Waals surface area contributed by atoms with Crippen LogP contribution in [0.3, 0.4) is 0 Å². The van der Waals surface area contributed by atoms with Gasteiger partial charge >= 0.3 is 0 Å². The predicted molar refractivity (Wildman–Crippen MR) is 134 cm³/mol. The number of benzene rings is 3. The molecule has 4 aromatic rings. The average molecular weight is 476 g/mol. The summed E-state index contributed by atoms with van der Waals surface area (Å²) in [5, 5.41) is 14.2. The highest BCUT2D eigenvalue weighted by Gasteiger charge is 2.17. The highest BCUT2D eigenvalue weighted by Crippen LogP contribution is 2.28. The van der Waals surface area contributed by atoms with Crippen molar-refractivity contribution in [3.63, 3.8) is 0 Å². The molecule has 0 aliphatic carbocycles. The first kappa shape index (κ1) is 22.8. The molecule has 0 fully saturated rings. The van der Waals surface area contributed by atoms with Gasteiger partial charge in [-0.25, -0.2) is 5.43 Å². The summed E-state index contributed by atoms with van der Waals surface area (Å²) in [6.45, 7) is 3.89. The first-order valence-corrected chi connectivity index (χ1v) is 11.7. The summed E-state index contributed by atoms with van der Waals surface area (Å²) in [5.41, 5.74) is 7.26. The van der Waals surface area contributed by atoms with E-state index in [0.717, 1.165) is 28.1 Å². The molecule has 1 heterocycles. The van der Waals surface area contributed by atoms with Gasteiger partial charge in [0.2, 0.25) is 0 Å². The van der Waals surface area contributed by atoms with Crippen molar-refractivity contribution in [3.8, 4) is 17.1 Å². The molecule has 166 valence electrons. The molecule has 0 saturated carbocycles. The van der Waals surface area contributed by atoms with Crippen molar-refractivity contribution in [2.45, 2.75) is 19.0 Å². The molecule has 0 bridgehead atoms. The molecule has 0 aliphatic heterocycles. The van der Waals surface area contributed by atoms with Crippen molar-refractivity contribution >= 4 is 35.0 Å². The summed E-state index contributed by atoms with van der Waals surface area (Å²) in [6.07, 6.45) is 0. The second-order valence-electron chi connectivity index (χ2n) is 7.37. The Labute approximate surface area is 201 Å². The monoisotopic (exact) mass is 475 g/mol. The molecular formula is C25H22ClN5OS. The van der Waals surface area contributed by atoms with Gasteiger partial charge in [-0.2, -0.15) is 5.10 Å². The Morgan fingerprint density at radius 2 is 1.70 bits per heavy atom. The fraction of sp³-hybridized carbons (Fsp3) is 0.120. The Kier molecular flexibility index (Phi) is 7.22. The smallest absolute Gasteiger partial charge is 0.250 e. The first-order valence-electron chi connectivity index (χ1n) is 10.3. The van der Waals surface area contributed by atoms with E-state index < -0.39 is 0 Å². The van der Waals surface area contributed by atoms with Gasteiger partial charge in [0.15, 0.2) is 11.0 Å². The average Bonchev–Trinajstić information content (AvgIpc) is 3.26. The molecule has 1 amide bonds. The van der Waals surface area contributed by atoms with Crippen molar-refractivity contribution in [3.05, 3.63) is 95.0 Å². The van der Waals surface area contributed by atoms with Gasteiger partial charge in [-0.3, -0.25) is 9.36 Å². The molecule has 0 unspecified atom stereocenters. The van der Waals surface area contributed by atoms with Gasteiger partial charge in [0.25, 0.3) is 5.91 Å². The minimum Gasteiger partial charge on any atom is -0.272 e. The van der Waals surface area contributed by atoms with Crippen LogP contribution in [0.15, 0.2) is 89.1 Å². The van der Waals surface area contributed by atoms with Crippen LogP contribution in [0.25, 0.3) is 17.1 Å². The van der Waals surface area contributed by atoms with Crippen LogP contribution in [0.5, 0.6) is 0 Å². The number of amides is 1. The number of halogens is 1. The van der Waals surface area contributed by atoms with Crippen LogP contribution in [0, 0.1) is 6.92 Å². The molecule has 8 heteroatoms. The number of rotatable bonds is 7. The highest BCUT2D eigenvalue weighted by molar-refractivity contribution is 7.99. The third-order valence-corrected chi connectivity index (χ3v) is 6.08. The second kappa shape index (κ2) is 10.5. The number of thioether (sulfide) groups is 1.